The predicted molar refractivity (Wildman–Crippen MR) is 51.3 cm³/mol. The van der Waals surface area contributed by atoms with Crippen molar-refractivity contribution >= 4 is 22.2 Å². The molecule has 1 heterocycles. The number of nitrogens with one attached hydrogen (secondary N) is 1. The topological polar surface area (TPSA) is 55.1 Å². The molecule has 0 aliphatic rings. The van der Waals surface area contributed by atoms with Gasteiger partial charge in [0.2, 0.25) is 5.91 Å². The lowest BCUT2D eigenvalue weighted by atomic mass is 10.3. The van der Waals surface area contributed by atoms with Gasteiger partial charge in [0.25, 0.3) is 0 Å². The van der Waals surface area contributed by atoms with Crippen LogP contribution in [0, 0.1) is 6.92 Å². The number of nitrogens with two attached hydrogens (primary N) is 1. The molecule has 0 unspecified atom stereocenters. The molecule has 1 aromatic rings. The highest BCUT2D eigenvalue weighted by Gasteiger charge is 2.05. The first-order valence-electron chi connectivity index (χ1n) is 3.70. The Morgan fingerprint density at radius 1 is 1.75 bits per heavy atom. The van der Waals surface area contributed by atoms with Crippen molar-refractivity contribution in [3.05, 3.63) is 16.5 Å². The summed E-state index contributed by atoms with van der Waals surface area (Å²) in [6.07, 6.45) is 0. The lowest BCUT2D eigenvalue weighted by Gasteiger charge is -1.99. The minimum absolute atomic E-state index is 0.0495. The molecule has 0 fully saturated rings. The Kier molecular flexibility index (Phi) is 2.83. The van der Waals surface area contributed by atoms with Crippen LogP contribution in [0.15, 0.2) is 6.07 Å². The monoisotopic (exact) mass is 184 g/mol. The van der Waals surface area contributed by atoms with Gasteiger partial charge in [0.05, 0.1) is 5.00 Å². The van der Waals surface area contributed by atoms with Crippen molar-refractivity contribution in [2.24, 2.45) is 5.73 Å². The number of anilines is 1. The van der Waals surface area contributed by atoms with Crippen molar-refractivity contribution in [2.45, 2.75) is 20.4 Å². The van der Waals surface area contributed by atoms with Crippen molar-refractivity contribution in [3.8, 4) is 0 Å². The summed E-state index contributed by atoms with van der Waals surface area (Å²) in [5.74, 6) is -0.0495. The lowest BCUT2D eigenvalue weighted by molar-refractivity contribution is -0.114. The largest absolute Gasteiger partial charge is 0.326 e. The SMILES string of the molecule is CC(=O)Nc1sc(C)cc1CN. The molecule has 0 radical (unpaired) electrons. The quantitative estimate of drug-likeness (QED) is 0.731. The number of hydrogen-bond acceptors (Lipinski definition) is 3. The predicted octanol–water partition coefficient (Wildman–Crippen LogP) is 1.47. The van der Waals surface area contributed by atoms with Crippen molar-refractivity contribution in [1.82, 2.24) is 0 Å². The van der Waals surface area contributed by atoms with Crippen LogP contribution in [0.3, 0.4) is 0 Å². The zero-order chi connectivity index (χ0) is 9.14. The second-order valence-electron chi connectivity index (χ2n) is 2.60. The molecule has 0 atom stereocenters. The van der Waals surface area contributed by atoms with Gasteiger partial charge in [0.1, 0.15) is 0 Å². The van der Waals surface area contributed by atoms with Gasteiger partial charge in [-0.05, 0) is 13.0 Å². The normalized spacial score (nSPS) is 9.92. The van der Waals surface area contributed by atoms with E-state index >= 15 is 0 Å². The highest BCUT2D eigenvalue weighted by Crippen LogP contribution is 2.26. The van der Waals surface area contributed by atoms with Crippen LogP contribution >= 0.6 is 11.3 Å². The van der Waals surface area contributed by atoms with Gasteiger partial charge in [-0.1, -0.05) is 0 Å². The second-order valence-corrected chi connectivity index (χ2v) is 3.85. The maximum absolute atomic E-state index is 10.7. The van der Waals surface area contributed by atoms with Gasteiger partial charge >= 0.3 is 0 Å². The highest BCUT2D eigenvalue weighted by atomic mass is 32.1. The molecule has 0 aliphatic heterocycles. The van der Waals surface area contributed by atoms with Crippen LogP contribution in [-0.2, 0) is 11.3 Å². The van der Waals surface area contributed by atoms with Crippen molar-refractivity contribution in [3.63, 3.8) is 0 Å². The average Bonchev–Trinajstić information content (AvgIpc) is 2.29. The number of amides is 1. The number of thiophene rings is 1. The molecule has 1 rings (SSSR count). The summed E-state index contributed by atoms with van der Waals surface area (Å²) < 4.78 is 0. The van der Waals surface area contributed by atoms with E-state index in [1.165, 1.54) is 11.8 Å². The molecule has 0 saturated carbocycles. The summed E-state index contributed by atoms with van der Waals surface area (Å²) >= 11 is 1.56. The molecular formula is C8H12N2OS. The second kappa shape index (κ2) is 3.69. The molecule has 3 N–H and O–H groups in total. The minimum Gasteiger partial charge on any atom is -0.326 e. The van der Waals surface area contributed by atoms with E-state index in [0.717, 1.165) is 10.6 Å². The molecule has 0 bridgehead atoms. The van der Waals surface area contributed by atoms with Gasteiger partial charge in [0.15, 0.2) is 0 Å². The number of rotatable bonds is 2. The fourth-order valence-corrected chi connectivity index (χ4v) is 1.98. The van der Waals surface area contributed by atoms with E-state index < -0.39 is 0 Å². The lowest BCUT2D eigenvalue weighted by Crippen LogP contribution is -2.07. The molecule has 4 heteroatoms. The standard InChI is InChI=1S/C8H12N2OS/c1-5-3-7(4-9)8(12-5)10-6(2)11/h3H,4,9H2,1-2H3,(H,10,11). The maximum atomic E-state index is 10.7. The molecule has 1 aromatic heterocycles. The molecule has 12 heavy (non-hydrogen) atoms. The van der Waals surface area contributed by atoms with E-state index in [1.807, 2.05) is 13.0 Å². The van der Waals surface area contributed by atoms with Crippen molar-refractivity contribution in [2.75, 3.05) is 5.32 Å². The highest BCUT2D eigenvalue weighted by molar-refractivity contribution is 7.16. The van der Waals surface area contributed by atoms with Crippen LogP contribution in [0.1, 0.15) is 17.4 Å². The smallest absolute Gasteiger partial charge is 0.221 e. The molecule has 0 spiro atoms. The molecule has 66 valence electrons. The van der Waals surface area contributed by atoms with E-state index in [4.69, 9.17) is 5.73 Å². The Labute approximate surface area is 75.6 Å². The Morgan fingerprint density at radius 3 is 2.92 bits per heavy atom. The zero-order valence-corrected chi connectivity index (χ0v) is 7.99. The molecular weight excluding hydrogens is 172 g/mol. The van der Waals surface area contributed by atoms with Crippen LogP contribution < -0.4 is 11.1 Å². The first kappa shape index (κ1) is 9.22. The van der Waals surface area contributed by atoms with Gasteiger partial charge < -0.3 is 11.1 Å². The van der Waals surface area contributed by atoms with Gasteiger partial charge in [-0.25, -0.2) is 0 Å². The van der Waals surface area contributed by atoms with Crippen molar-refractivity contribution < 1.29 is 4.79 Å². The van der Waals surface area contributed by atoms with Crippen LogP contribution in [0.25, 0.3) is 0 Å². The minimum atomic E-state index is -0.0495. The van der Waals surface area contributed by atoms with E-state index in [9.17, 15) is 4.79 Å². The Bertz CT molecular complexity index is 293. The van der Waals surface area contributed by atoms with Crippen LogP contribution in [0.4, 0.5) is 5.00 Å². The summed E-state index contributed by atoms with van der Waals surface area (Å²) in [7, 11) is 0. The number of carbonyl (C=O) groups excluding carboxylic acids is 1. The summed E-state index contributed by atoms with van der Waals surface area (Å²) in [4.78, 5) is 11.9. The van der Waals surface area contributed by atoms with Crippen LogP contribution in [0.5, 0.6) is 0 Å². The number of hydrogen-bond donors (Lipinski definition) is 2. The first-order chi connectivity index (χ1) is 5.63. The van der Waals surface area contributed by atoms with Gasteiger partial charge in [-0.15, -0.1) is 11.3 Å². The third-order valence-corrected chi connectivity index (χ3v) is 2.45. The summed E-state index contributed by atoms with van der Waals surface area (Å²) in [5, 5.41) is 3.62. The molecule has 0 aromatic carbocycles. The fraction of sp³-hybridized carbons (Fsp3) is 0.375. The maximum Gasteiger partial charge on any atom is 0.221 e. The molecule has 3 nitrogen and oxygen atoms in total. The number of aryl methyl sites for hydroxylation is 1. The van der Waals surface area contributed by atoms with E-state index in [2.05, 4.69) is 5.32 Å². The Morgan fingerprint density at radius 2 is 2.42 bits per heavy atom. The van der Waals surface area contributed by atoms with Gasteiger partial charge in [-0.2, -0.15) is 0 Å². The summed E-state index contributed by atoms with van der Waals surface area (Å²) in [6.45, 7) is 3.96. The van der Waals surface area contributed by atoms with Crippen LogP contribution in [-0.4, -0.2) is 5.91 Å². The van der Waals surface area contributed by atoms with Crippen molar-refractivity contribution in [1.29, 1.82) is 0 Å². The Hall–Kier alpha value is -0.870. The molecule has 0 saturated heterocycles. The third kappa shape index (κ3) is 2.06. The van der Waals surface area contributed by atoms with E-state index in [0.29, 0.717) is 6.54 Å². The summed E-state index contributed by atoms with van der Waals surface area (Å²) in [5.41, 5.74) is 6.50. The Balaban J connectivity index is 2.89. The first-order valence-corrected chi connectivity index (χ1v) is 4.52. The number of carbonyl (C=O) groups is 1. The van der Waals surface area contributed by atoms with Gasteiger partial charge in [0, 0.05) is 23.9 Å². The third-order valence-electron chi connectivity index (χ3n) is 1.44. The molecule has 0 aliphatic carbocycles. The molecule has 1 amide bonds. The van der Waals surface area contributed by atoms with E-state index in [-0.39, 0.29) is 5.91 Å². The average molecular weight is 184 g/mol. The van der Waals surface area contributed by atoms with Crippen LogP contribution in [0.2, 0.25) is 0 Å². The summed E-state index contributed by atoms with van der Waals surface area (Å²) in [6, 6.07) is 2.00. The van der Waals surface area contributed by atoms with E-state index in [1.54, 1.807) is 11.3 Å². The zero-order valence-electron chi connectivity index (χ0n) is 7.18. The fourth-order valence-electron chi connectivity index (χ4n) is 0.984. The van der Waals surface area contributed by atoms with Gasteiger partial charge in [-0.3, -0.25) is 4.79 Å².